The largest absolute Gasteiger partial charge is 0.468 e. The number of benzene rings is 1. The number of unbranched alkanes of at least 4 members (excludes halogenated alkanes) is 3. The average molecular weight is 454 g/mol. The van der Waals surface area contributed by atoms with Crippen LogP contribution in [0.4, 0.5) is 0 Å². The molecule has 1 aliphatic heterocycles. The summed E-state index contributed by atoms with van der Waals surface area (Å²) >= 11 is 0. The third-order valence-electron chi connectivity index (χ3n) is 5.23. The third-order valence-corrected chi connectivity index (χ3v) is 7.34. The van der Waals surface area contributed by atoms with Gasteiger partial charge in [0.1, 0.15) is 6.04 Å². The van der Waals surface area contributed by atoms with Gasteiger partial charge in [0.15, 0.2) is 15.1 Å². The molecule has 0 spiro atoms. The Bertz CT molecular complexity index is 921. The van der Waals surface area contributed by atoms with E-state index in [0.717, 1.165) is 27.1 Å². The van der Waals surface area contributed by atoms with Gasteiger partial charge >= 0.3 is 11.9 Å². The molecular formula is C21H27NO8S. The van der Waals surface area contributed by atoms with E-state index < -0.39 is 51.3 Å². The highest BCUT2D eigenvalue weighted by atomic mass is 32.2. The highest BCUT2D eigenvalue weighted by Gasteiger charge is 2.47. The van der Waals surface area contributed by atoms with Gasteiger partial charge in [0.05, 0.1) is 31.1 Å². The molecule has 2 rings (SSSR count). The fourth-order valence-electron chi connectivity index (χ4n) is 3.53. The normalized spacial score (nSPS) is 15.4. The zero-order chi connectivity index (χ0) is 23.2. The van der Waals surface area contributed by atoms with Gasteiger partial charge in [0.25, 0.3) is 11.8 Å². The molecule has 10 heteroatoms. The number of imide groups is 1. The highest BCUT2D eigenvalue weighted by molar-refractivity contribution is 7.92. The van der Waals surface area contributed by atoms with E-state index in [1.807, 2.05) is 6.92 Å². The Morgan fingerprint density at radius 2 is 1.48 bits per heavy atom. The Morgan fingerprint density at radius 1 is 0.935 bits per heavy atom. The van der Waals surface area contributed by atoms with Crippen molar-refractivity contribution in [1.29, 1.82) is 0 Å². The fourth-order valence-corrected chi connectivity index (χ4v) is 5.29. The summed E-state index contributed by atoms with van der Waals surface area (Å²) in [5.41, 5.74) is 0.192. The maximum Gasteiger partial charge on any atom is 0.329 e. The molecule has 0 bridgehead atoms. The standard InChI is InChI=1S/C21H27NO8S/c1-4-5-6-9-12-31(27,28)17(21(26)30-3)13-16(20(25)29-2)22-18(23)14-10-7-8-11-15(14)19(22)24/h7-8,10-11,16-17H,4-6,9,12-13H2,1-3H3/t16-,17-/m0/s1. The molecule has 31 heavy (non-hydrogen) atoms. The first-order chi connectivity index (χ1) is 14.7. The number of fused-ring (bicyclic) bond motifs is 1. The first-order valence-electron chi connectivity index (χ1n) is 10.0. The molecule has 0 radical (unpaired) electrons. The molecule has 170 valence electrons. The topological polar surface area (TPSA) is 124 Å². The van der Waals surface area contributed by atoms with Crippen molar-refractivity contribution >= 4 is 33.6 Å². The molecule has 9 nitrogen and oxygen atoms in total. The first kappa shape index (κ1) is 24.5. The van der Waals surface area contributed by atoms with E-state index in [1.54, 1.807) is 12.1 Å². The third kappa shape index (κ3) is 5.30. The molecule has 2 amide bonds. The van der Waals surface area contributed by atoms with Crippen LogP contribution in [0.2, 0.25) is 0 Å². The lowest BCUT2D eigenvalue weighted by Gasteiger charge is -2.26. The van der Waals surface area contributed by atoms with Crippen LogP contribution in [0.5, 0.6) is 0 Å². The van der Waals surface area contributed by atoms with Gasteiger partial charge < -0.3 is 9.47 Å². The lowest BCUT2D eigenvalue weighted by atomic mass is 10.1. The maximum atomic E-state index is 12.9. The molecule has 1 aromatic rings. The van der Waals surface area contributed by atoms with Crippen LogP contribution in [-0.4, -0.2) is 68.3 Å². The minimum atomic E-state index is -4.01. The van der Waals surface area contributed by atoms with Crippen molar-refractivity contribution in [3.63, 3.8) is 0 Å². The summed E-state index contributed by atoms with van der Waals surface area (Å²) in [4.78, 5) is 51.1. The zero-order valence-electron chi connectivity index (χ0n) is 17.8. The second kappa shape index (κ2) is 10.5. The van der Waals surface area contributed by atoms with Crippen LogP contribution in [0.25, 0.3) is 0 Å². The number of sulfone groups is 1. The Morgan fingerprint density at radius 3 is 1.97 bits per heavy atom. The minimum absolute atomic E-state index is 0.0958. The number of rotatable bonds is 11. The fraction of sp³-hybridized carbons (Fsp3) is 0.524. The second-order valence-corrected chi connectivity index (χ2v) is 9.54. The molecular weight excluding hydrogens is 426 g/mol. The number of hydrogen-bond acceptors (Lipinski definition) is 8. The van der Waals surface area contributed by atoms with E-state index >= 15 is 0 Å². The number of esters is 2. The summed E-state index contributed by atoms with van der Waals surface area (Å²) < 4.78 is 35.2. The second-order valence-electron chi connectivity index (χ2n) is 7.24. The predicted octanol–water partition coefficient (Wildman–Crippen LogP) is 1.75. The zero-order valence-corrected chi connectivity index (χ0v) is 18.6. The number of amides is 2. The SMILES string of the molecule is CCCCCCS(=O)(=O)[C@@H](C[C@@H](C(=O)OC)N1C(=O)c2ccccc2C1=O)C(=O)OC. The van der Waals surface area contributed by atoms with Crippen molar-refractivity contribution in [1.82, 2.24) is 4.90 Å². The van der Waals surface area contributed by atoms with Crippen LogP contribution in [-0.2, 0) is 28.9 Å². The molecule has 0 unspecified atom stereocenters. The quantitative estimate of drug-likeness (QED) is 0.282. The van der Waals surface area contributed by atoms with E-state index in [2.05, 4.69) is 4.74 Å². The van der Waals surface area contributed by atoms with Gasteiger partial charge in [0.2, 0.25) is 0 Å². The minimum Gasteiger partial charge on any atom is -0.468 e. The van der Waals surface area contributed by atoms with Gasteiger partial charge in [-0.1, -0.05) is 38.3 Å². The Labute approximate surface area is 181 Å². The van der Waals surface area contributed by atoms with Gasteiger partial charge in [0, 0.05) is 6.42 Å². The highest BCUT2D eigenvalue weighted by Crippen LogP contribution is 2.28. The summed E-state index contributed by atoms with van der Waals surface area (Å²) in [7, 11) is -1.92. The van der Waals surface area contributed by atoms with Crippen LogP contribution >= 0.6 is 0 Å². The van der Waals surface area contributed by atoms with Crippen LogP contribution in [0, 0.1) is 0 Å². The van der Waals surface area contributed by atoms with E-state index in [1.165, 1.54) is 12.1 Å². The van der Waals surface area contributed by atoms with Crippen molar-refractivity contribution in [2.45, 2.75) is 50.3 Å². The summed E-state index contributed by atoms with van der Waals surface area (Å²) in [6.07, 6.45) is 2.13. The van der Waals surface area contributed by atoms with Gasteiger partial charge in [-0.3, -0.25) is 19.3 Å². The lowest BCUT2D eigenvalue weighted by molar-refractivity contribution is -0.146. The van der Waals surface area contributed by atoms with Crippen molar-refractivity contribution in [3.05, 3.63) is 35.4 Å². The van der Waals surface area contributed by atoms with Crippen LogP contribution in [0.3, 0.4) is 0 Å². The van der Waals surface area contributed by atoms with E-state index in [4.69, 9.17) is 4.74 Å². The number of hydrogen-bond donors (Lipinski definition) is 0. The molecule has 0 fully saturated rings. The van der Waals surface area contributed by atoms with E-state index in [9.17, 15) is 27.6 Å². The lowest BCUT2D eigenvalue weighted by Crippen LogP contribution is -2.49. The van der Waals surface area contributed by atoms with Crippen LogP contribution < -0.4 is 0 Å². The average Bonchev–Trinajstić information content (AvgIpc) is 3.01. The summed E-state index contributed by atoms with van der Waals surface area (Å²) in [5, 5.41) is -1.72. The van der Waals surface area contributed by atoms with Gasteiger partial charge in [-0.05, 0) is 18.6 Å². The number of nitrogens with zero attached hydrogens (tertiary/aromatic N) is 1. The molecule has 1 heterocycles. The van der Waals surface area contributed by atoms with Crippen molar-refractivity contribution in [2.24, 2.45) is 0 Å². The molecule has 2 atom stereocenters. The van der Waals surface area contributed by atoms with Crippen molar-refractivity contribution in [3.8, 4) is 0 Å². The Kier molecular flexibility index (Phi) is 8.32. The van der Waals surface area contributed by atoms with Gasteiger partial charge in [-0.2, -0.15) is 0 Å². The van der Waals surface area contributed by atoms with E-state index in [-0.39, 0.29) is 16.9 Å². The van der Waals surface area contributed by atoms with Crippen molar-refractivity contribution in [2.75, 3.05) is 20.0 Å². The maximum absolute atomic E-state index is 12.9. The Hall–Kier alpha value is -2.75. The number of ether oxygens (including phenoxy) is 2. The van der Waals surface area contributed by atoms with Gasteiger partial charge in [-0.25, -0.2) is 13.2 Å². The number of carbonyl (C=O) groups excluding carboxylic acids is 4. The number of carbonyl (C=O) groups is 4. The Balaban J connectivity index is 2.37. The van der Waals surface area contributed by atoms with Crippen molar-refractivity contribution < 1.29 is 37.1 Å². The molecule has 0 saturated carbocycles. The van der Waals surface area contributed by atoms with E-state index in [0.29, 0.717) is 17.7 Å². The van der Waals surface area contributed by atoms with Gasteiger partial charge in [-0.15, -0.1) is 0 Å². The number of methoxy groups -OCH3 is 2. The summed E-state index contributed by atoms with van der Waals surface area (Å²) in [6, 6.07) is 4.42. The predicted molar refractivity (Wildman–Crippen MR) is 111 cm³/mol. The van der Waals surface area contributed by atoms with Crippen LogP contribution in [0.1, 0.15) is 59.7 Å². The summed E-state index contributed by atoms with van der Waals surface area (Å²) in [5.74, 6) is -3.83. The molecule has 0 aromatic heterocycles. The summed E-state index contributed by atoms with van der Waals surface area (Å²) in [6.45, 7) is 1.98. The smallest absolute Gasteiger partial charge is 0.329 e. The monoisotopic (exact) mass is 453 g/mol. The van der Waals surface area contributed by atoms with Crippen LogP contribution in [0.15, 0.2) is 24.3 Å². The first-order valence-corrected chi connectivity index (χ1v) is 11.7. The molecule has 0 saturated heterocycles. The molecule has 1 aromatic carbocycles. The molecule has 0 aliphatic carbocycles. The molecule has 1 aliphatic rings. The molecule has 0 N–H and O–H groups in total.